The van der Waals surface area contributed by atoms with Crippen molar-refractivity contribution in [2.24, 2.45) is 0 Å². The Kier molecular flexibility index (Phi) is 6.18. The number of hydrogen-bond donors (Lipinski definition) is 1. The lowest BCUT2D eigenvalue weighted by Gasteiger charge is -2.30. The summed E-state index contributed by atoms with van der Waals surface area (Å²) < 4.78 is 25.1. The van der Waals surface area contributed by atoms with Gasteiger partial charge < -0.3 is 5.32 Å². The van der Waals surface area contributed by atoms with Crippen molar-refractivity contribution in [2.75, 3.05) is 19.3 Å². The monoisotopic (exact) mass is 495 g/mol. The number of benzene rings is 2. The van der Waals surface area contributed by atoms with E-state index >= 15 is 0 Å². The Balaban J connectivity index is 1.49. The summed E-state index contributed by atoms with van der Waals surface area (Å²) in [6.07, 6.45) is 6.02. The van der Waals surface area contributed by atoms with Gasteiger partial charge in [0.1, 0.15) is 0 Å². The molecule has 3 aromatic rings. The zero-order valence-electron chi connectivity index (χ0n) is 18.9. The maximum atomic E-state index is 13.6. The van der Waals surface area contributed by atoms with Gasteiger partial charge in [-0.2, -0.15) is 0 Å². The highest BCUT2D eigenvalue weighted by molar-refractivity contribution is 7.88. The number of pyridine rings is 1. The van der Waals surface area contributed by atoms with Crippen LogP contribution in [-0.2, 0) is 16.4 Å². The van der Waals surface area contributed by atoms with Gasteiger partial charge in [-0.1, -0.05) is 48.0 Å². The van der Waals surface area contributed by atoms with E-state index in [1.165, 1.54) is 10.6 Å². The summed E-state index contributed by atoms with van der Waals surface area (Å²) >= 11 is 6.38. The lowest BCUT2D eigenvalue weighted by atomic mass is 9.98. The molecule has 1 fully saturated rings. The number of fused-ring (bicyclic) bond motifs is 2. The molecule has 8 heteroatoms. The molecule has 2 aromatic carbocycles. The molecule has 0 radical (unpaired) electrons. The Labute approximate surface area is 204 Å². The first-order valence-electron chi connectivity index (χ1n) is 11.4. The van der Waals surface area contributed by atoms with Gasteiger partial charge in [-0.25, -0.2) is 17.7 Å². The fraction of sp³-hybridized carbons (Fsp3) is 0.308. The highest BCUT2D eigenvalue weighted by Gasteiger charge is 2.30. The van der Waals surface area contributed by atoms with Gasteiger partial charge in [0.05, 0.1) is 23.0 Å². The van der Waals surface area contributed by atoms with Crippen LogP contribution >= 0.6 is 11.6 Å². The third-order valence-electron chi connectivity index (χ3n) is 6.66. The Morgan fingerprint density at radius 1 is 1.09 bits per heavy atom. The van der Waals surface area contributed by atoms with E-state index in [0.717, 1.165) is 46.1 Å². The van der Waals surface area contributed by atoms with E-state index in [1.807, 2.05) is 48.5 Å². The molecule has 6 nitrogen and oxygen atoms in total. The number of nitrogens with zero attached hydrogens (tertiary/aromatic N) is 2. The molecule has 0 unspecified atom stereocenters. The van der Waals surface area contributed by atoms with Crippen LogP contribution in [0.1, 0.15) is 46.4 Å². The van der Waals surface area contributed by atoms with Gasteiger partial charge in [0.15, 0.2) is 0 Å². The molecule has 0 atom stereocenters. The smallest absolute Gasteiger partial charge is 0.252 e. The summed E-state index contributed by atoms with van der Waals surface area (Å²) in [6, 6.07) is 15.4. The molecule has 0 spiro atoms. The molecule has 1 N–H and O–H groups in total. The number of carbonyl (C=O) groups excluding carboxylic acids is 1. The van der Waals surface area contributed by atoms with Crippen LogP contribution in [0.5, 0.6) is 0 Å². The second-order valence-corrected chi connectivity index (χ2v) is 11.3. The molecule has 0 saturated carbocycles. The highest BCUT2D eigenvalue weighted by Crippen LogP contribution is 2.38. The quantitative estimate of drug-likeness (QED) is 0.576. The summed E-state index contributed by atoms with van der Waals surface area (Å²) in [5.41, 5.74) is 5.28. The largest absolute Gasteiger partial charge is 0.349 e. The first-order valence-corrected chi connectivity index (χ1v) is 13.7. The average Bonchev–Trinajstić information content (AvgIpc) is 3.20. The van der Waals surface area contributed by atoms with Gasteiger partial charge in [0.2, 0.25) is 10.0 Å². The fourth-order valence-corrected chi connectivity index (χ4v) is 5.97. The Morgan fingerprint density at radius 3 is 2.53 bits per heavy atom. The van der Waals surface area contributed by atoms with Crippen LogP contribution in [0.25, 0.3) is 22.6 Å². The van der Waals surface area contributed by atoms with E-state index in [2.05, 4.69) is 11.4 Å². The summed E-state index contributed by atoms with van der Waals surface area (Å²) in [5, 5.41) is 4.70. The third-order valence-corrected chi connectivity index (χ3v) is 8.31. The molecular weight excluding hydrogens is 470 g/mol. The Hall–Kier alpha value is -2.74. The second kappa shape index (κ2) is 9.13. The number of allylic oxidation sites excluding steroid dienone is 1. The molecule has 1 aliphatic carbocycles. The van der Waals surface area contributed by atoms with Crippen LogP contribution in [0.2, 0.25) is 5.02 Å². The zero-order chi connectivity index (χ0) is 23.9. The predicted molar refractivity (Wildman–Crippen MR) is 136 cm³/mol. The molecule has 5 rings (SSSR count). The SMILES string of the molecule is CS(=O)(=O)N1CCC(NC(=O)c2c3c(nc4ccccc24)/C(=C/c2ccccc2Cl)CC3)CC1. The minimum absolute atomic E-state index is 0.0624. The van der Waals surface area contributed by atoms with E-state index in [1.54, 1.807) is 0 Å². The zero-order valence-corrected chi connectivity index (χ0v) is 20.5. The standard InChI is InChI=1S/C26H26ClN3O3S/c1-34(32,33)30-14-12-19(13-15-30)28-26(31)24-20-7-3-5-9-23(20)29-25-18(10-11-21(24)25)16-17-6-2-4-8-22(17)27/h2-9,16,19H,10-15H2,1H3,(H,28,31)/b18-16+. The second-order valence-electron chi connectivity index (χ2n) is 8.93. The van der Waals surface area contributed by atoms with Gasteiger partial charge in [0.25, 0.3) is 5.91 Å². The number of sulfonamides is 1. The van der Waals surface area contributed by atoms with E-state index < -0.39 is 10.0 Å². The number of piperidine rings is 1. The number of halogens is 1. The number of carbonyl (C=O) groups is 1. The van der Waals surface area contributed by atoms with Crippen molar-refractivity contribution in [3.8, 4) is 0 Å². The predicted octanol–water partition coefficient (Wildman–Crippen LogP) is 4.53. The molecular formula is C26H26ClN3O3S. The van der Waals surface area contributed by atoms with Crippen LogP contribution in [-0.4, -0.2) is 49.0 Å². The van der Waals surface area contributed by atoms with Crippen molar-refractivity contribution in [3.63, 3.8) is 0 Å². The normalized spacial score (nSPS) is 18.4. The van der Waals surface area contributed by atoms with E-state index in [4.69, 9.17) is 16.6 Å². The van der Waals surface area contributed by atoms with E-state index in [9.17, 15) is 13.2 Å². The summed E-state index contributed by atoms with van der Waals surface area (Å²) in [4.78, 5) is 18.5. The van der Waals surface area contributed by atoms with Crippen molar-refractivity contribution in [2.45, 2.75) is 31.7 Å². The number of amides is 1. The first-order chi connectivity index (χ1) is 16.3. The van der Waals surface area contributed by atoms with Crippen LogP contribution in [0.15, 0.2) is 48.5 Å². The molecule has 34 heavy (non-hydrogen) atoms. The van der Waals surface area contributed by atoms with E-state index in [0.29, 0.717) is 36.5 Å². The van der Waals surface area contributed by atoms with Gasteiger partial charge in [0, 0.05) is 29.5 Å². The van der Waals surface area contributed by atoms with Crippen molar-refractivity contribution < 1.29 is 13.2 Å². The molecule has 1 saturated heterocycles. The van der Waals surface area contributed by atoms with Crippen LogP contribution in [0.3, 0.4) is 0 Å². The van der Waals surface area contributed by atoms with Crippen LogP contribution < -0.4 is 5.32 Å². The highest BCUT2D eigenvalue weighted by atomic mass is 35.5. The number of nitrogens with one attached hydrogen (secondary N) is 1. The molecule has 2 heterocycles. The van der Waals surface area contributed by atoms with Crippen molar-refractivity contribution in [1.29, 1.82) is 0 Å². The topological polar surface area (TPSA) is 79.4 Å². The first kappa shape index (κ1) is 23.0. The van der Waals surface area contributed by atoms with Crippen molar-refractivity contribution >= 4 is 50.1 Å². The minimum Gasteiger partial charge on any atom is -0.349 e. The summed E-state index contributed by atoms with van der Waals surface area (Å²) in [5.74, 6) is -0.119. The average molecular weight is 496 g/mol. The van der Waals surface area contributed by atoms with Crippen molar-refractivity contribution in [1.82, 2.24) is 14.6 Å². The molecule has 2 aliphatic rings. The van der Waals surface area contributed by atoms with Crippen LogP contribution in [0.4, 0.5) is 0 Å². The lowest BCUT2D eigenvalue weighted by Crippen LogP contribution is -2.46. The number of aromatic nitrogens is 1. The Bertz CT molecular complexity index is 1410. The molecule has 0 bridgehead atoms. The van der Waals surface area contributed by atoms with Gasteiger partial charge in [-0.15, -0.1) is 0 Å². The van der Waals surface area contributed by atoms with Crippen molar-refractivity contribution in [3.05, 3.63) is 75.9 Å². The third kappa shape index (κ3) is 4.48. The molecule has 1 aromatic heterocycles. The Morgan fingerprint density at radius 2 is 1.79 bits per heavy atom. The lowest BCUT2D eigenvalue weighted by molar-refractivity contribution is 0.0924. The van der Waals surface area contributed by atoms with E-state index in [-0.39, 0.29) is 11.9 Å². The fourth-order valence-electron chi connectivity index (χ4n) is 4.91. The van der Waals surface area contributed by atoms with Gasteiger partial charge in [-0.3, -0.25) is 4.79 Å². The molecule has 1 amide bonds. The number of para-hydroxylation sites is 1. The number of hydrogen-bond acceptors (Lipinski definition) is 4. The van der Waals surface area contributed by atoms with Crippen LogP contribution in [0, 0.1) is 0 Å². The van der Waals surface area contributed by atoms with Gasteiger partial charge >= 0.3 is 0 Å². The maximum absolute atomic E-state index is 13.6. The summed E-state index contributed by atoms with van der Waals surface area (Å²) in [7, 11) is -3.21. The van der Waals surface area contributed by atoms with Gasteiger partial charge in [-0.05, 0) is 60.6 Å². The molecule has 176 valence electrons. The number of rotatable bonds is 4. The summed E-state index contributed by atoms with van der Waals surface area (Å²) in [6.45, 7) is 0.841. The maximum Gasteiger partial charge on any atom is 0.252 e. The molecule has 1 aliphatic heterocycles. The minimum atomic E-state index is -3.21.